The van der Waals surface area contributed by atoms with E-state index < -0.39 is 0 Å². The van der Waals surface area contributed by atoms with E-state index in [2.05, 4.69) is 15.3 Å². The molecule has 2 aliphatic rings. The largest absolute Gasteiger partial charge is 0.394 e. The van der Waals surface area contributed by atoms with E-state index in [-0.39, 0.29) is 6.61 Å². The quantitative estimate of drug-likeness (QED) is 0.817. The molecule has 106 valence electrons. The second kappa shape index (κ2) is 6.03. The van der Waals surface area contributed by atoms with Crippen LogP contribution in [0.25, 0.3) is 0 Å². The molecule has 2 saturated heterocycles. The van der Waals surface area contributed by atoms with Crippen LogP contribution in [0.4, 0.5) is 0 Å². The zero-order chi connectivity index (χ0) is 13.1. The first-order chi connectivity index (χ1) is 9.35. The number of aliphatic hydroxyl groups excluding tert-OH is 1. The van der Waals surface area contributed by atoms with E-state index in [1.807, 2.05) is 12.4 Å². The topological polar surface area (TPSA) is 53.3 Å². The van der Waals surface area contributed by atoms with Gasteiger partial charge in [0.1, 0.15) is 0 Å². The van der Waals surface area contributed by atoms with Gasteiger partial charge >= 0.3 is 0 Å². The molecule has 0 spiro atoms. The summed E-state index contributed by atoms with van der Waals surface area (Å²) in [6, 6.07) is 1.48. The first kappa shape index (κ1) is 13.1. The van der Waals surface area contributed by atoms with Crippen molar-refractivity contribution in [2.75, 3.05) is 19.7 Å². The van der Waals surface area contributed by atoms with Gasteiger partial charge in [-0.25, -0.2) is 0 Å². The fourth-order valence-corrected chi connectivity index (χ4v) is 3.39. The van der Waals surface area contributed by atoms with Gasteiger partial charge < -0.3 is 15.3 Å². The number of aromatic nitrogens is 2. The van der Waals surface area contributed by atoms with Crippen LogP contribution in [0.2, 0.25) is 0 Å². The van der Waals surface area contributed by atoms with Crippen molar-refractivity contribution in [2.45, 2.75) is 50.9 Å². The summed E-state index contributed by atoms with van der Waals surface area (Å²) in [5, 5.41) is 16.8. The summed E-state index contributed by atoms with van der Waals surface area (Å²) < 4.78 is 1.80. The van der Waals surface area contributed by atoms with E-state index in [4.69, 9.17) is 5.11 Å². The zero-order valence-corrected chi connectivity index (χ0v) is 11.5. The van der Waals surface area contributed by atoms with E-state index >= 15 is 0 Å². The minimum absolute atomic E-state index is 0.148. The van der Waals surface area contributed by atoms with Crippen LogP contribution in [0.5, 0.6) is 0 Å². The van der Waals surface area contributed by atoms with Crippen molar-refractivity contribution in [3.8, 4) is 0 Å². The van der Waals surface area contributed by atoms with Gasteiger partial charge in [-0.3, -0.25) is 4.68 Å². The highest BCUT2D eigenvalue weighted by molar-refractivity contribution is 5.04. The van der Waals surface area contributed by atoms with Gasteiger partial charge in [0.2, 0.25) is 0 Å². The molecule has 2 fully saturated rings. The Balaban J connectivity index is 1.46. The Bertz CT molecular complexity index is 406. The molecular weight excluding hydrogens is 240 g/mol. The molecule has 0 amide bonds. The smallest absolute Gasteiger partial charge is 0.0640 e. The lowest BCUT2D eigenvalue weighted by molar-refractivity contribution is 0.166. The van der Waals surface area contributed by atoms with Crippen molar-refractivity contribution in [2.24, 2.45) is 0 Å². The Morgan fingerprint density at radius 2 is 2.32 bits per heavy atom. The van der Waals surface area contributed by atoms with Crippen molar-refractivity contribution in [3.63, 3.8) is 0 Å². The zero-order valence-electron chi connectivity index (χ0n) is 11.5. The molecule has 1 aromatic heterocycles. The Morgan fingerprint density at radius 1 is 1.37 bits per heavy atom. The maximum atomic E-state index is 8.87. The minimum atomic E-state index is 0.148. The lowest BCUT2D eigenvalue weighted by atomic mass is 9.97. The van der Waals surface area contributed by atoms with Crippen LogP contribution in [0.1, 0.15) is 31.2 Å². The third-order valence-electron chi connectivity index (χ3n) is 4.43. The predicted octanol–water partition coefficient (Wildman–Crippen LogP) is 0.592. The van der Waals surface area contributed by atoms with E-state index in [0.717, 1.165) is 12.6 Å². The summed E-state index contributed by atoms with van der Waals surface area (Å²) >= 11 is 0. The van der Waals surface area contributed by atoms with Crippen LogP contribution in [0, 0.1) is 0 Å². The van der Waals surface area contributed by atoms with Crippen LogP contribution in [0.15, 0.2) is 12.4 Å². The number of hydrogen-bond donors (Lipinski definition) is 2. The number of piperidine rings is 1. The van der Waals surface area contributed by atoms with Crippen molar-refractivity contribution < 1.29 is 5.11 Å². The highest BCUT2D eigenvalue weighted by Gasteiger charge is 2.31. The van der Waals surface area contributed by atoms with Gasteiger partial charge in [-0.15, -0.1) is 0 Å². The van der Waals surface area contributed by atoms with E-state index in [9.17, 15) is 0 Å². The Kier molecular flexibility index (Phi) is 4.15. The van der Waals surface area contributed by atoms with Crippen molar-refractivity contribution >= 4 is 0 Å². The Morgan fingerprint density at radius 3 is 3.21 bits per heavy atom. The molecule has 2 unspecified atom stereocenters. The van der Waals surface area contributed by atoms with Gasteiger partial charge in [0, 0.05) is 30.4 Å². The summed E-state index contributed by atoms with van der Waals surface area (Å²) in [4.78, 5) is 2.65. The van der Waals surface area contributed by atoms with Gasteiger partial charge in [-0.05, 0) is 38.8 Å². The van der Waals surface area contributed by atoms with Gasteiger partial charge in [-0.2, -0.15) is 5.10 Å². The first-order valence-electron chi connectivity index (χ1n) is 7.45. The monoisotopic (exact) mass is 264 g/mol. The Hall–Kier alpha value is -0.910. The third-order valence-corrected chi connectivity index (χ3v) is 4.43. The van der Waals surface area contributed by atoms with Crippen LogP contribution >= 0.6 is 0 Å². The maximum absolute atomic E-state index is 8.87. The van der Waals surface area contributed by atoms with Crippen molar-refractivity contribution in [1.82, 2.24) is 20.0 Å². The third kappa shape index (κ3) is 3.16. The molecular formula is C14H24N4O. The standard InChI is InChI=1S/C14H24N4O/c19-7-6-18-11-12(10-16-18)9-15-13-3-5-17-4-1-2-14(17)8-13/h10-11,13-15,19H,1-9H2. The number of aliphatic hydroxyl groups is 1. The van der Waals surface area contributed by atoms with Gasteiger partial charge in [-0.1, -0.05) is 0 Å². The molecule has 0 saturated carbocycles. The molecule has 2 atom stereocenters. The molecule has 3 heterocycles. The lowest BCUT2D eigenvalue weighted by Gasteiger charge is -2.35. The van der Waals surface area contributed by atoms with Gasteiger partial charge in [0.25, 0.3) is 0 Å². The Labute approximate surface area is 114 Å². The van der Waals surface area contributed by atoms with E-state index in [1.54, 1.807) is 4.68 Å². The summed E-state index contributed by atoms with van der Waals surface area (Å²) in [6.07, 6.45) is 9.24. The molecule has 2 N–H and O–H groups in total. The molecule has 5 heteroatoms. The lowest BCUT2D eigenvalue weighted by Crippen LogP contribution is -2.45. The second-order valence-electron chi connectivity index (χ2n) is 5.77. The SMILES string of the molecule is OCCn1cc(CNC2CCN3CCCC3C2)cn1. The summed E-state index contributed by atoms with van der Waals surface area (Å²) in [5.41, 5.74) is 1.21. The maximum Gasteiger partial charge on any atom is 0.0640 e. The molecule has 0 aromatic carbocycles. The van der Waals surface area contributed by atoms with Crippen LogP contribution in [0.3, 0.4) is 0 Å². The van der Waals surface area contributed by atoms with Crippen molar-refractivity contribution in [3.05, 3.63) is 18.0 Å². The van der Waals surface area contributed by atoms with Crippen LogP contribution < -0.4 is 5.32 Å². The molecule has 0 bridgehead atoms. The minimum Gasteiger partial charge on any atom is -0.394 e. The first-order valence-corrected chi connectivity index (χ1v) is 7.45. The van der Waals surface area contributed by atoms with Crippen LogP contribution in [-0.2, 0) is 13.1 Å². The average Bonchev–Trinajstić information content (AvgIpc) is 3.04. The molecule has 0 radical (unpaired) electrons. The number of hydrogen-bond acceptors (Lipinski definition) is 4. The van der Waals surface area contributed by atoms with E-state index in [1.165, 1.54) is 44.3 Å². The van der Waals surface area contributed by atoms with Crippen LogP contribution in [-0.4, -0.2) is 51.6 Å². The number of nitrogens with zero attached hydrogens (tertiary/aromatic N) is 3. The highest BCUT2D eigenvalue weighted by Crippen LogP contribution is 2.26. The molecule has 19 heavy (non-hydrogen) atoms. The molecule has 2 aliphatic heterocycles. The molecule has 0 aliphatic carbocycles. The molecule has 1 aromatic rings. The number of rotatable bonds is 5. The number of nitrogens with one attached hydrogen (secondary N) is 1. The van der Waals surface area contributed by atoms with Crippen molar-refractivity contribution in [1.29, 1.82) is 0 Å². The van der Waals surface area contributed by atoms with Gasteiger partial charge in [0.15, 0.2) is 0 Å². The predicted molar refractivity (Wildman–Crippen MR) is 73.8 cm³/mol. The highest BCUT2D eigenvalue weighted by atomic mass is 16.3. The summed E-state index contributed by atoms with van der Waals surface area (Å²) in [5.74, 6) is 0. The molecule has 5 nitrogen and oxygen atoms in total. The summed E-state index contributed by atoms with van der Waals surface area (Å²) in [7, 11) is 0. The normalized spacial score (nSPS) is 27.6. The fraction of sp³-hybridized carbons (Fsp3) is 0.786. The average molecular weight is 264 g/mol. The van der Waals surface area contributed by atoms with Gasteiger partial charge in [0.05, 0.1) is 19.3 Å². The molecule has 3 rings (SSSR count). The second-order valence-corrected chi connectivity index (χ2v) is 5.77. The summed E-state index contributed by atoms with van der Waals surface area (Å²) in [6.45, 7) is 4.19. The fourth-order valence-electron chi connectivity index (χ4n) is 3.39. The van der Waals surface area contributed by atoms with E-state index in [0.29, 0.717) is 12.6 Å². The number of fused-ring (bicyclic) bond motifs is 1.